The first kappa shape index (κ1) is 55.2. The van der Waals surface area contributed by atoms with E-state index in [0.29, 0.717) is 0 Å². The van der Waals surface area contributed by atoms with Gasteiger partial charge in [0.2, 0.25) is 0 Å². The SMILES string of the molecule is CCCc1cccc(-c2ccc3c(ccc4c5cc6ccc7c8ccc(-c9cccc(CCC)c9)cc8ccc7c6cc5ccc34)c2)c1.Cc1ccc(-c2ccc3c(ccc4c5cc6ccc7c8ccc(-c9ccc(C)cc9)cc8ccc7c6cc5ccc34)c2)cc1. The van der Waals surface area contributed by atoms with Gasteiger partial charge in [-0.15, -0.1) is 0 Å². The van der Waals surface area contributed by atoms with Crippen LogP contribution in [0.4, 0.5) is 0 Å². The van der Waals surface area contributed by atoms with Gasteiger partial charge in [-0.1, -0.05) is 280 Å². The monoisotopic (exact) mass is 1170 g/mol. The molecule has 0 fully saturated rings. The van der Waals surface area contributed by atoms with E-state index in [1.807, 2.05) is 0 Å². The summed E-state index contributed by atoms with van der Waals surface area (Å²) in [5.74, 6) is 0. The molecule has 92 heavy (non-hydrogen) atoms. The second-order valence-electron chi connectivity index (χ2n) is 25.9. The molecule has 0 aromatic heterocycles. The van der Waals surface area contributed by atoms with Gasteiger partial charge in [-0.25, -0.2) is 0 Å². The average molecular weight is 1170 g/mol. The zero-order valence-electron chi connectivity index (χ0n) is 52.5. The number of fused-ring (bicyclic) bond motifs is 20. The lowest BCUT2D eigenvalue weighted by atomic mass is 9.91. The average Bonchev–Trinajstić information content (AvgIpc) is 0.770. The number of hydrogen-bond acceptors (Lipinski definition) is 0. The molecule has 0 radical (unpaired) electrons. The van der Waals surface area contributed by atoms with Gasteiger partial charge in [0, 0.05) is 0 Å². The maximum Gasteiger partial charge on any atom is -0.00987 e. The summed E-state index contributed by atoms with van der Waals surface area (Å²) >= 11 is 0. The summed E-state index contributed by atoms with van der Waals surface area (Å²) < 4.78 is 0. The minimum Gasteiger partial charge on any atom is -0.0651 e. The molecule has 436 valence electrons. The minimum absolute atomic E-state index is 1.12. The van der Waals surface area contributed by atoms with Crippen molar-refractivity contribution < 1.29 is 0 Å². The largest absolute Gasteiger partial charge is 0.0651 e. The van der Waals surface area contributed by atoms with Crippen LogP contribution in [0, 0.1) is 13.8 Å². The Balaban J connectivity index is 0.000000141. The van der Waals surface area contributed by atoms with E-state index in [-0.39, 0.29) is 0 Å². The van der Waals surface area contributed by atoms with Crippen molar-refractivity contribution in [2.45, 2.75) is 53.4 Å². The van der Waals surface area contributed by atoms with Crippen molar-refractivity contribution in [3.63, 3.8) is 0 Å². The lowest BCUT2D eigenvalue weighted by molar-refractivity contribution is 0.922. The third-order valence-corrected chi connectivity index (χ3v) is 19.9. The maximum absolute atomic E-state index is 2.41. The van der Waals surface area contributed by atoms with Crippen molar-refractivity contribution in [3.8, 4) is 44.5 Å². The van der Waals surface area contributed by atoms with Crippen molar-refractivity contribution in [2.75, 3.05) is 0 Å². The van der Waals surface area contributed by atoms with E-state index in [1.54, 1.807) is 0 Å². The molecule has 0 unspecified atom stereocenters. The van der Waals surface area contributed by atoms with Crippen LogP contribution >= 0.6 is 0 Å². The first-order valence-electron chi connectivity index (χ1n) is 33.0. The van der Waals surface area contributed by atoms with Crippen molar-refractivity contribution in [3.05, 3.63) is 313 Å². The van der Waals surface area contributed by atoms with E-state index < -0.39 is 0 Å². The molecule has 0 heteroatoms. The van der Waals surface area contributed by atoms with Gasteiger partial charge in [-0.3, -0.25) is 0 Å². The number of hydrogen-bond donors (Lipinski definition) is 0. The molecule has 0 aliphatic carbocycles. The molecule has 0 N–H and O–H groups in total. The summed E-state index contributed by atoms with van der Waals surface area (Å²) in [5.41, 5.74) is 15.6. The maximum atomic E-state index is 2.41. The van der Waals surface area contributed by atoms with Crippen molar-refractivity contribution >= 4 is 129 Å². The Morgan fingerprint density at radius 2 is 0.391 bits per heavy atom. The van der Waals surface area contributed by atoms with E-state index in [0.717, 1.165) is 12.8 Å². The predicted octanol–water partition coefficient (Wildman–Crippen LogP) is 26.4. The molecule has 0 aliphatic heterocycles. The first-order chi connectivity index (χ1) is 45.2. The highest BCUT2D eigenvalue weighted by molar-refractivity contribution is 6.26. The Kier molecular flexibility index (Phi) is 13.5. The molecule has 0 amide bonds. The molecular formula is C92H68. The van der Waals surface area contributed by atoms with Gasteiger partial charge in [-0.05, 0) is 260 Å². The predicted molar refractivity (Wildman–Crippen MR) is 402 cm³/mol. The van der Waals surface area contributed by atoms with E-state index in [1.165, 1.54) is 209 Å². The molecule has 0 heterocycles. The van der Waals surface area contributed by atoms with Crippen molar-refractivity contribution in [1.82, 2.24) is 0 Å². The first-order valence-corrected chi connectivity index (χ1v) is 33.0. The third-order valence-electron chi connectivity index (χ3n) is 19.9. The van der Waals surface area contributed by atoms with Crippen LogP contribution in [0.1, 0.15) is 48.9 Å². The van der Waals surface area contributed by atoms with Gasteiger partial charge in [0.05, 0.1) is 0 Å². The summed E-state index contributed by atoms with van der Waals surface area (Å²) in [6.07, 6.45) is 4.57. The fourth-order valence-corrected chi connectivity index (χ4v) is 15.1. The Morgan fingerprint density at radius 3 is 0.663 bits per heavy atom. The summed E-state index contributed by atoms with van der Waals surface area (Å²) in [6.45, 7) is 8.76. The summed E-state index contributed by atoms with van der Waals surface area (Å²) in [6, 6.07) is 110. The van der Waals surface area contributed by atoms with Crippen LogP contribution in [0.25, 0.3) is 174 Å². The highest BCUT2D eigenvalue weighted by Crippen LogP contribution is 2.42. The Labute approximate surface area is 537 Å². The third kappa shape index (κ3) is 9.69. The van der Waals surface area contributed by atoms with Crippen LogP contribution < -0.4 is 0 Å². The van der Waals surface area contributed by atoms with Crippen molar-refractivity contribution in [2.24, 2.45) is 0 Å². The highest BCUT2D eigenvalue weighted by Gasteiger charge is 2.15. The molecule has 0 atom stereocenters. The highest BCUT2D eigenvalue weighted by atomic mass is 14.2. The Bertz CT molecular complexity index is 5650. The molecule has 0 saturated carbocycles. The van der Waals surface area contributed by atoms with Crippen LogP contribution in [-0.4, -0.2) is 0 Å². The zero-order valence-corrected chi connectivity index (χ0v) is 52.5. The molecule has 0 bridgehead atoms. The van der Waals surface area contributed by atoms with Gasteiger partial charge in [-0.2, -0.15) is 0 Å². The Morgan fingerprint density at radius 1 is 0.174 bits per heavy atom. The van der Waals surface area contributed by atoms with Gasteiger partial charge in [0.15, 0.2) is 0 Å². The van der Waals surface area contributed by atoms with E-state index >= 15 is 0 Å². The van der Waals surface area contributed by atoms with Gasteiger partial charge < -0.3 is 0 Å². The Hall–Kier alpha value is -10.9. The standard InChI is InChI=1S/C48H38.C44H30/c1-3-7-31-9-5-11-33(25-31)35-13-19-41-37(27-35)15-23-45-43(41)21-17-39-30-48-40(29-47(39)45)18-22-44-42-20-14-36(28-38(42)16-24-46(44)48)34-12-6-10-32(26-34)8-4-2;1-27-3-7-29(8-4-27)31-11-17-37-33(23-31)13-21-41-39(37)19-15-35-26-44-36(25-43(35)41)16-20-40-38-18-12-32(24-34(38)14-22-42(40)44)30-9-5-28(2)6-10-30/h5-6,9-30H,3-4,7-8H2,1-2H3;3-26H,1-2H3. The number of benzene rings is 18. The second kappa shape index (κ2) is 22.5. The van der Waals surface area contributed by atoms with Crippen LogP contribution in [0.15, 0.2) is 291 Å². The molecule has 0 saturated heterocycles. The second-order valence-corrected chi connectivity index (χ2v) is 25.9. The molecule has 18 rings (SSSR count). The molecule has 18 aromatic carbocycles. The van der Waals surface area contributed by atoms with Crippen LogP contribution in [0.3, 0.4) is 0 Å². The fourth-order valence-electron chi connectivity index (χ4n) is 15.1. The lowest BCUT2D eigenvalue weighted by Gasteiger charge is -2.13. The van der Waals surface area contributed by atoms with E-state index in [2.05, 4.69) is 319 Å². The van der Waals surface area contributed by atoms with Gasteiger partial charge >= 0.3 is 0 Å². The molecule has 0 spiro atoms. The number of aryl methyl sites for hydroxylation is 4. The fraction of sp³-hybridized carbons (Fsp3) is 0.0870. The van der Waals surface area contributed by atoms with Crippen LogP contribution in [0.2, 0.25) is 0 Å². The van der Waals surface area contributed by atoms with Gasteiger partial charge in [0.1, 0.15) is 0 Å². The summed E-state index contributed by atoms with van der Waals surface area (Å²) in [4.78, 5) is 0. The van der Waals surface area contributed by atoms with Gasteiger partial charge in [0.25, 0.3) is 0 Å². The van der Waals surface area contributed by atoms with E-state index in [9.17, 15) is 0 Å². The molecule has 0 aliphatic rings. The molecule has 0 nitrogen and oxygen atoms in total. The van der Waals surface area contributed by atoms with E-state index in [4.69, 9.17) is 0 Å². The zero-order chi connectivity index (χ0) is 61.6. The molecular weight excluding hydrogens is 1110 g/mol. The summed E-state index contributed by atoms with van der Waals surface area (Å²) in [5, 5.41) is 31.2. The quantitative estimate of drug-likeness (QED) is 0.105. The normalized spacial score (nSPS) is 11.9. The lowest BCUT2D eigenvalue weighted by Crippen LogP contribution is -1.87. The smallest absolute Gasteiger partial charge is 0.00987 e. The summed E-state index contributed by atoms with van der Waals surface area (Å²) in [7, 11) is 0. The molecule has 18 aromatic rings. The number of rotatable bonds is 8. The minimum atomic E-state index is 1.12. The van der Waals surface area contributed by atoms with Crippen LogP contribution in [0.5, 0.6) is 0 Å². The van der Waals surface area contributed by atoms with Crippen LogP contribution in [-0.2, 0) is 12.8 Å². The van der Waals surface area contributed by atoms with Crippen molar-refractivity contribution in [1.29, 1.82) is 0 Å². The topological polar surface area (TPSA) is 0 Å².